The summed E-state index contributed by atoms with van der Waals surface area (Å²) >= 11 is 0. The van der Waals surface area contributed by atoms with Crippen LogP contribution in [0.1, 0.15) is 17.5 Å². The number of hydrogen-bond acceptors (Lipinski definition) is 3. The number of pyridine rings is 1. The second-order valence-corrected chi connectivity index (χ2v) is 7.56. The second-order valence-electron chi connectivity index (χ2n) is 5.83. The minimum atomic E-state index is -3.57. The smallest absolute Gasteiger partial charge is 0.242 e. The third kappa shape index (κ3) is 3.80. The topological polar surface area (TPSA) is 59.1 Å². The number of rotatable bonds is 6. The molecule has 3 aromatic rings. The van der Waals surface area contributed by atoms with Gasteiger partial charge in [0.1, 0.15) is 4.90 Å². The van der Waals surface area contributed by atoms with E-state index < -0.39 is 10.0 Å². The van der Waals surface area contributed by atoms with Gasteiger partial charge >= 0.3 is 0 Å². The van der Waals surface area contributed by atoms with Crippen LogP contribution < -0.4 is 4.72 Å². The lowest BCUT2D eigenvalue weighted by atomic mass is 10.1. The maximum Gasteiger partial charge on any atom is 0.242 e. The average molecular weight is 340 g/mol. The fourth-order valence-corrected chi connectivity index (χ4v) is 3.93. The molecule has 0 fully saturated rings. The summed E-state index contributed by atoms with van der Waals surface area (Å²) in [6.45, 7) is 2.34. The Hall–Kier alpha value is -2.24. The maximum absolute atomic E-state index is 12.6. The minimum Gasteiger partial charge on any atom is -0.255 e. The largest absolute Gasteiger partial charge is 0.255 e. The molecule has 24 heavy (non-hydrogen) atoms. The lowest BCUT2D eigenvalue weighted by Crippen LogP contribution is -2.25. The van der Waals surface area contributed by atoms with E-state index in [2.05, 4.69) is 9.71 Å². The number of sulfonamides is 1. The Bertz CT molecular complexity index is 938. The molecular weight excluding hydrogens is 320 g/mol. The maximum atomic E-state index is 12.6. The van der Waals surface area contributed by atoms with Crippen molar-refractivity contribution in [1.82, 2.24) is 9.71 Å². The van der Waals surface area contributed by atoms with E-state index in [0.29, 0.717) is 12.1 Å². The Kier molecular flexibility index (Phi) is 4.92. The van der Waals surface area contributed by atoms with Gasteiger partial charge in [-0.25, -0.2) is 13.1 Å². The fraction of sp³-hybridized carbons (Fsp3) is 0.211. The lowest BCUT2D eigenvalue weighted by Gasteiger charge is -2.09. The van der Waals surface area contributed by atoms with E-state index in [1.165, 1.54) is 5.56 Å². The Labute approximate surface area is 142 Å². The number of nitrogens with one attached hydrogen (secondary N) is 1. The zero-order valence-electron chi connectivity index (χ0n) is 13.6. The van der Waals surface area contributed by atoms with Gasteiger partial charge in [0, 0.05) is 18.1 Å². The average Bonchev–Trinajstić information content (AvgIpc) is 2.59. The van der Waals surface area contributed by atoms with Crippen LogP contribution in [0.2, 0.25) is 0 Å². The van der Waals surface area contributed by atoms with E-state index in [1.807, 2.05) is 49.4 Å². The first kappa shape index (κ1) is 16.6. The van der Waals surface area contributed by atoms with Crippen molar-refractivity contribution in [2.24, 2.45) is 0 Å². The molecule has 0 saturated carbocycles. The van der Waals surface area contributed by atoms with Crippen molar-refractivity contribution in [3.8, 4) is 0 Å². The molecule has 2 aromatic carbocycles. The quantitative estimate of drug-likeness (QED) is 0.699. The highest BCUT2D eigenvalue weighted by atomic mass is 32.2. The number of fused-ring (bicyclic) bond motifs is 1. The van der Waals surface area contributed by atoms with Crippen LogP contribution in [0.15, 0.2) is 65.7 Å². The van der Waals surface area contributed by atoms with Crippen molar-refractivity contribution in [1.29, 1.82) is 0 Å². The van der Waals surface area contributed by atoms with Gasteiger partial charge in [-0.1, -0.05) is 42.5 Å². The first-order valence-electron chi connectivity index (χ1n) is 7.95. The van der Waals surface area contributed by atoms with Crippen LogP contribution in [0.3, 0.4) is 0 Å². The number of aryl methyl sites for hydroxylation is 2. The Balaban J connectivity index is 1.72. The van der Waals surface area contributed by atoms with Gasteiger partial charge in [0.2, 0.25) is 10.0 Å². The first-order chi connectivity index (χ1) is 11.6. The molecule has 4 nitrogen and oxygen atoms in total. The highest BCUT2D eigenvalue weighted by Gasteiger charge is 2.17. The molecule has 0 saturated heterocycles. The van der Waals surface area contributed by atoms with Crippen LogP contribution in [-0.2, 0) is 16.4 Å². The van der Waals surface area contributed by atoms with Gasteiger partial charge in [0.05, 0.1) is 5.52 Å². The zero-order valence-corrected chi connectivity index (χ0v) is 14.4. The summed E-state index contributed by atoms with van der Waals surface area (Å²) in [6.07, 6.45) is 3.29. The molecule has 124 valence electrons. The van der Waals surface area contributed by atoms with Crippen molar-refractivity contribution in [3.63, 3.8) is 0 Å². The second kappa shape index (κ2) is 7.11. The molecular formula is C19H20N2O2S. The summed E-state index contributed by atoms with van der Waals surface area (Å²) in [5.74, 6) is 0. The van der Waals surface area contributed by atoms with E-state index in [4.69, 9.17) is 0 Å². The molecule has 1 N–H and O–H groups in total. The van der Waals surface area contributed by atoms with Crippen molar-refractivity contribution in [2.75, 3.05) is 6.54 Å². The van der Waals surface area contributed by atoms with Gasteiger partial charge in [-0.15, -0.1) is 0 Å². The van der Waals surface area contributed by atoms with Crippen LogP contribution in [0, 0.1) is 6.92 Å². The molecule has 0 amide bonds. The fourth-order valence-electron chi connectivity index (χ4n) is 2.68. The molecule has 0 spiro atoms. The summed E-state index contributed by atoms with van der Waals surface area (Å²) in [7, 11) is -3.57. The van der Waals surface area contributed by atoms with Crippen LogP contribution in [-0.4, -0.2) is 19.9 Å². The summed E-state index contributed by atoms with van der Waals surface area (Å²) < 4.78 is 27.9. The molecule has 0 bridgehead atoms. The number of benzene rings is 2. The predicted octanol–water partition coefficient (Wildman–Crippen LogP) is 3.45. The third-order valence-corrected chi connectivity index (χ3v) is 5.37. The van der Waals surface area contributed by atoms with Crippen molar-refractivity contribution >= 4 is 20.9 Å². The molecule has 0 aliphatic heterocycles. The van der Waals surface area contributed by atoms with Gasteiger partial charge in [0.25, 0.3) is 0 Å². The standard InChI is InChI=1S/C19H20N2O2S/c1-15-13-17-10-5-11-18(19(17)20-14-15)24(22,23)21-12-6-9-16-7-3-2-4-8-16/h2-5,7-8,10-11,13-14,21H,6,9,12H2,1H3. The molecule has 0 aliphatic rings. The monoisotopic (exact) mass is 340 g/mol. The predicted molar refractivity (Wildman–Crippen MR) is 96.4 cm³/mol. The van der Waals surface area contributed by atoms with Crippen molar-refractivity contribution < 1.29 is 8.42 Å². The van der Waals surface area contributed by atoms with Crippen LogP contribution in [0.4, 0.5) is 0 Å². The molecule has 0 radical (unpaired) electrons. The van der Waals surface area contributed by atoms with Gasteiger partial charge in [-0.2, -0.15) is 0 Å². The minimum absolute atomic E-state index is 0.236. The molecule has 1 aromatic heterocycles. The lowest BCUT2D eigenvalue weighted by molar-refractivity contribution is 0.579. The summed E-state index contributed by atoms with van der Waals surface area (Å²) in [6, 6.07) is 17.2. The first-order valence-corrected chi connectivity index (χ1v) is 9.43. The SMILES string of the molecule is Cc1cnc2c(S(=O)(=O)NCCCc3ccccc3)cccc2c1. The van der Waals surface area contributed by atoms with Gasteiger partial charge < -0.3 is 0 Å². The normalized spacial score (nSPS) is 11.7. The van der Waals surface area contributed by atoms with E-state index in [9.17, 15) is 8.42 Å². The molecule has 0 unspecified atom stereocenters. The molecule has 1 heterocycles. The van der Waals surface area contributed by atoms with E-state index in [0.717, 1.165) is 23.8 Å². The Morgan fingerprint density at radius 2 is 1.83 bits per heavy atom. The van der Waals surface area contributed by atoms with Crippen LogP contribution in [0.5, 0.6) is 0 Å². The number of para-hydroxylation sites is 1. The highest BCUT2D eigenvalue weighted by molar-refractivity contribution is 7.89. The van der Waals surface area contributed by atoms with Crippen molar-refractivity contribution in [3.05, 3.63) is 71.9 Å². The van der Waals surface area contributed by atoms with E-state index in [1.54, 1.807) is 18.3 Å². The van der Waals surface area contributed by atoms with Crippen molar-refractivity contribution in [2.45, 2.75) is 24.7 Å². The summed E-state index contributed by atoms with van der Waals surface area (Å²) in [5, 5.41) is 0.835. The Morgan fingerprint density at radius 1 is 1.04 bits per heavy atom. The Morgan fingerprint density at radius 3 is 2.62 bits per heavy atom. The molecule has 0 aliphatic carbocycles. The summed E-state index contributed by atoms with van der Waals surface area (Å²) in [5.41, 5.74) is 2.73. The number of nitrogens with zero attached hydrogens (tertiary/aromatic N) is 1. The molecule has 3 rings (SSSR count). The van der Waals surface area contributed by atoms with Gasteiger partial charge in [0.15, 0.2) is 0 Å². The summed E-state index contributed by atoms with van der Waals surface area (Å²) in [4.78, 5) is 4.54. The number of aromatic nitrogens is 1. The highest BCUT2D eigenvalue weighted by Crippen LogP contribution is 2.21. The van der Waals surface area contributed by atoms with Gasteiger partial charge in [-0.05, 0) is 43.0 Å². The van der Waals surface area contributed by atoms with E-state index in [-0.39, 0.29) is 4.90 Å². The zero-order chi connectivity index (χ0) is 17.0. The molecule has 5 heteroatoms. The van der Waals surface area contributed by atoms with Crippen LogP contribution >= 0.6 is 0 Å². The number of hydrogen-bond donors (Lipinski definition) is 1. The molecule has 0 atom stereocenters. The third-order valence-electron chi connectivity index (χ3n) is 3.88. The van der Waals surface area contributed by atoms with E-state index >= 15 is 0 Å². The van der Waals surface area contributed by atoms with Crippen LogP contribution in [0.25, 0.3) is 10.9 Å². The van der Waals surface area contributed by atoms with Gasteiger partial charge in [-0.3, -0.25) is 4.98 Å².